The van der Waals surface area contributed by atoms with Crippen molar-refractivity contribution >= 4 is 27.8 Å². The minimum absolute atomic E-state index is 0.104. The molecule has 0 radical (unpaired) electrons. The van der Waals surface area contributed by atoms with Gasteiger partial charge in [0.2, 0.25) is 5.91 Å². The molecule has 0 aliphatic rings. The molecule has 1 amide bonds. The zero-order valence-electron chi connectivity index (χ0n) is 10.9. The van der Waals surface area contributed by atoms with Crippen molar-refractivity contribution in [1.82, 2.24) is 5.32 Å². The molecule has 1 unspecified atom stereocenters. The summed E-state index contributed by atoms with van der Waals surface area (Å²) in [6.07, 6.45) is 2.06. The summed E-state index contributed by atoms with van der Waals surface area (Å²) in [6, 6.07) is 6.85. The van der Waals surface area contributed by atoms with Crippen LogP contribution in [-0.2, 0) is 9.59 Å². The van der Waals surface area contributed by atoms with Crippen LogP contribution in [0.2, 0.25) is 0 Å². The lowest BCUT2D eigenvalue weighted by atomic mass is 10.0. The van der Waals surface area contributed by atoms with Gasteiger partial charge in [-0.15, -0.1) is 0 Å². The van der Waals surface area contributed by atoms with Crippen molar-refractivity contribution in [2.24, 2.45) is 0 Å². The lowest BCUT2D eigenvalue weighted by molar-refractivity contribution is -0.137. The third kappa shape index (κ3) is 5.87. The van der Waals surface area contributed by atoms with Gasteiger partial charge in [0, 0.05) is 10.9 Å². The highest BCUT2D eigenvalue weighted by Gasteiger charge is 2.17. The van der Waals surface area contributed by atoms with E-state index in [0.717, 1.165) is 22.9 Å². The van der Waals surface area contributed by atoms with Crippen molar-refractivity contribution in [3.8, 4) is 0 Å². The van der Waals surface area contributed by atoms with Gasteiger partial charge in [0.05, 0.1) is 12.5 Å². The number of aliphatic carboxylic acids is 1. The Kier molecular flexibility index (Phi) is 6.56. The van der Waals surface area contributed by atoms with Crippen LogP contribution in [0.3, 0.4) is 0 Å². The van der Waals surface area contributed by atoms with Gasteiger partial charge in [-0.25, -0.2) is 0 Å². The average molecular weight is 328 g/mol. The topological polar surface area (TPSA) is 66.4 Å². The van der Waals surface area contributed by atoms with Gasteiger partial charge in [0.25, 0.3) is 0 Å². The lowest BCUT2D eigenvalue weighted by Gasteiger charge is -2.17. The Labute approximate surface area is 121 Å². The summed E-state index contributed by atoms with van der Waals surface area (Å²) in [4.78, 5) is 22.6. The Balaban J connectivity index is 2.77. The van der Waals surface area contributed by atoms with E-state index < -0.39 is 12.0 Å². The van der Waals surface area contributed by atoms with Crippen LogP contribution in [0.4, 0.5) is 0 Å². The summed E-state index contributed by atoms with van der Waals surface area (Å²) in [5.74, 6) is -1.03. The zero-order valence-corrected chi connectivity index (χ0v) is 12.4. The molecule has 0 aliphatic heterocycles. The summed E-state index contributed by atoms with van der Waals surface area (Å²) >= 11 is 3.34. The molecule has 0 saturated carbocycles. The fourth-order valence-electron chi connectivity index (χ4n) is 1.75. The van der Waals surface area contributed by atoms with Gasteiger partial charge in [-0.05, 0) is 24.1 Å². The normalized spacial score (nSPS) is 11.9. The Morgan fingerprint density at radius 1 is 1.42 bits per heavy atom. The monoisotopic (exact) mass is 327 g/mol. The molecule has 0 heterocycles. The molecule has 1 rings (SSSR count). The van der Waals surface area contributed by atoms with Crippen LogP contribution in [-0.4, -0.2) is 17.0 Å². The maximum Gasteiger partial charge on any atom is 0.305 e. The number of nitrogens with one attached hydrogen (secondary N) is 1. The number of halogens is 1. The number of carbonyl (C=O) groups is 2. The molecule has 4 nitrogen and oxygen atoms in total. The summed E-state index contributed by atoms with van der Waals surface area (Å²) < 4.78 is 0.864. The molecule has 2 N–H and O–H groups in total. The minimum Gasteiger partial charge on any atom is -0.481 e. The largest absolute Gasteiger partial charge is 0.481 e. The van der Waals surface area contributed by atoms with E-state index in [1.54, 1.807) is 0 Å². The highest BCUT2D eigenvalue weighted by atomic mass is 79.9. The Bertz CT molecular complexity index is 448. The predicted octanol–water partition coefficient (Wildman–Crippen LogP) is 3.27. The average Bonchev–Trinajstić information content (AvgIpc) is 2.35. The maximum atomic E-state index is 11.7. The van der Waals surface area contributed by atoms with Crippen LogP contribution in [0.15, 0.2) is 28.7 Å². The second-order valence-corrected chi connectivity index (χ2v) is 5.29. The minimum atomic E-state index is -0.930. The van der Waals surface area contributed by atoms with E-state index in [1.165, 1.54) is 0 Å². The molecule has 5 heteroatoms. The second-order valence-electron chi connectivity index (χ2n) is 4.38. The van der Waals surface area contributed by atoms with Crippen LogP contribution < -0.4 is 5.32 Å². The Hall–Kier alpha value is -1.36. The molecular formula is C14H18BrNO3. The van der Waals surface area contributed by atoms with Crippen LogP contribution in [0.1, 0.15) is 44.2 Å². The standard InChI is InChI=1S/C14H18BrNO3/c1-2-3-7-13(17)16-12(9-14(18)19)10-5-4-6-11(15)8-10/h4-6,8,12H,2-3,7,9H2,1H3,(H,16,17)(H,18,19). The zero-order chi connectivity index (χ0) is 14.3. The van der Waals surface area contributed by atoms with Crippen LogP contribution in [0.25, 0.3) is 0 Å². The van der Waals surface area contributed by atoms with Gasteiger partial charge in [-0.1, -0.05) is 41.4 Å². The first-order valence-corrected chi connectivity index (χ1v) is 7.09. The summed E-state index contributed by atoms with van der Waals surface area (Å²) in [5, 5.41) is 11.7. The number of carbonyl (C=O) groups excluding carboxylic acids is 1. The second kappa shape index (κ2) is 7.94. The van der Waals surface area contributed by atoms with E-state index >= 15 is 0 Å². The summed E-state index contributed by atoms with van der Waals surface area (Å²) in [6.45, 7) is 2.01. The molecular weight excluding hydrogens is 310 g/mol. The van der Waals surface area contributed by atoms with Crippen molar-refractivity contribution in [2.75, 3.05) is 0 Å². The number of carboxylic acids is 1. The number of benzene rings is 1. The smallest absolute Gasteiger partial charge is 0.305 e. The third-order valence-electron chi connectivity index (χ3n) is 2.72. The molecule has 0 spiro atoms. The SMILES string of the molecule is CCCCC(=O)NC(CC(=O)O)c1cccc(Br)c1. The van der Waals surface area contributed by atoms with Gasteiger partial charge in [-0.2, -0.15) is 0 Å². The van der Waals surface area contributed by atoms with Crippen molar-refractivity contribution in [1.29, 1.82) is 0 Å². The molecule has 1 aromatic carbocycles. The molecule has 0 fully saturated rings. The van der Waals surface area contributed by atoms with E-state index in [2.05, 4.69) is 21.2 Å². The number of hydrogen-bond acceptors (Lipinski definition) is 2. The first-order chi connectivity index (χ1) is 9.02. The number of unbranched alkanes of at least 4 members (excludes halogenated alkanes) is 1. The van der Waals surface area contributed by atoms with E-state index in [0.29, 0.717) is 6.42 Å². The third-order valence-corrected chi connectivity index (χ3v) is 3.22. The van der Waals surface area contributed by atoms with E-state index in [-0.39, 0.29) is 12.3 Å². The fourth-order valence-corrected chi connectivity index (χ4v) is 2.17. The molecule has 0 bridgehead atoms. The predicted molar refractivity (Wildman–Crippen MR) is 76.8 cm³/mol. The van der Waals surface area contributed by atoms with Crippen LogP contribution in [0, 0.1) is 0 Å². The fraction of sp³-hybridized carbons (Fsp3) is 0.429. The maximum absolute atomic E-state index is 11.7. The van der Waals surface area contributed by atoms with Crippen molar-refractivity contribution in [3.63, 3.8) is 0 Å². The number of amides is 1. The van der Waals surface area contributed by atoms with Crippen molar-refractivity contribution in [3.05, 3.63) is 34.3 Å². The van der Waals surface area contributed by atoms with Gasteiger partial charge < -0.3 is 10.4 Å². The highest BCUT2D eigenvalue weighted by molar-refractivity contribution is 9.10. The molecule has 0 saturated heterocycles. The van der Waals surface area contributed by atoms with Gasteiger partial charge in [0.1, 0.15) is 0 Å². The molecule has 1 aromatic rings. The quantitative estimate of drug-likeness (QED) is 0.807. The molecule has 0 aliphatic carbocycles. The van der Waals surface area contributed by atoms with Gasteiger partial charge in [0.15, 0.2) is 0 Å². The molecule has 0 aromatic heterocycles. The van der Waals surface area contributed by atoms with Crippen LogP contribution in [0.5, 0.6) is 0 Å². The molecule has 19 heavy (non-hydrogen) atoms. The lowest BCUT2D eigenvalue weighted by Crippen LogP contribution is -2.29. The first-order valence-electron chi connectivity index (χ1n) is 6.29. The Morgan fingerprint density at radius 3 is 2.74 bits per heavy atom. The number of carboxylic acid groups (broad SMARTS) is 1. The van der Waals surface area contributed by atoms with Crippen LogP contribution >= 0.6 is 15.9 Å². The van der Waals surface area contributed by atoms with E-state index in [9.17, 15) is 9.59 Å². The highest BCUT2D eigenvalue weighted by Crippen LogP contribution is 2.21. The number of rotatable bonds is 7. The van der Waals surface area contributed by atoms with Crippen molar-refractivity contribution < 1.29 is 14.7 Å². The van der Waals surface area contributed by atoms with Gasteiger partial charge in [-0.3, -0.25) is 9.59 Å². The number of hydrogen-bond donors (Lipinski definition) is 2. The summed E-state index contributed by atoms with van der Waals surface area (Å²) in [5.41, 5.74) is 0.793. The first kappa shape index (κ1) is 15.7. The summed E-state index contributed by atoms with van der Waals surface area (Å²) in [7, 11) is 0. The van der Waals surface area contributed by atoms with Gasteiger partial charge >= 0.3 is 5.97 Å². The molecule has 104 valence electrons. The van der Waals surface area contributed by atoms with Crippen molar-refractivity contribution in [2.45, 2.75) is 38.6 Å². The van der Waals surface area contributed by atoms with E-state index in [1.807, 2.05) is 31.2 Å². The Morgan fingerprint density at radius 2 is 2.16 bits per heavy atom. The van der Waals surface area contributed by atoms with E-state index in [4.69, 9.17) is 5.11 Å². The molecule has 1 atom stereocenters.